The minimum Gasteiger partial charge on any atom is -0.388 e. The number of likely N-dealkylation sites (N-methyl/N-ethyl adjacent to an activating group) is 1. The molecular formula is C12H26N2O. The van der Waals surface area contributed by atoms with Gasteiger partial charge in [0.05, 0.1) is 5.60 Å². The van der Waals surface area contributed by atoms with E-state index in [9.17, 15) is 5.11 Å². The molecule has 1 rings (SSSR count). The lowest BCUT2D eigenvalue weighted by molar-refractivity contribution is 0.0314. The molecule has 1 aliphatic carbocycles. The van der Waals surface area contributed by atoms with Crippen LogP contribution in [0.25, 0.3) is 0 Å². The second kappa shape index (κ2) is 5.28. The van der Waals surface area contributed by atoms with Gasteiger partial charge in [0.25, 0.3) is 0 Å². The minimum atomic E-state index is -0.624. The number of hydrogen-bond donors (Lipinski definition) is 2. The zero-order valence-electron chi connectivity index (χ0n) is 10.6. The molecule has 2 atom stereocenters. The molecule has 90 valence electrons. The first kappa shape index (κ1) is 12.9. The molecule has 0 aromatic rings. The van der Waals surface area contributed by atoms with E-state index in [2.05, 4.69) is 12.2 Å². The molecular weight excluding hydrogens is 188 g/mol. The van der Waals surface area contributed by atoms with Crippen LogP contribution in [0.3, 0.4) is 0 Å². The monoisotopic (exact) mass is 214 g/mol. The maximum absolute atomic E-state index is 10.1. The molecule has 0 heterocycles. The maximum atomic E-state index is 10.1. The quantitative estimate of drug-likeness (QED) is 0.665. The van der Waals surface area contributed by atoms with Crippen LogP contribution < -0.4 is 5.32 Å². The summed E-state index contributed by atoms with van der Waals surface area (Å²) in [6, 6.07) is 0.533. The Morgan fingerprint density at radius 1 is 1.47 bits per heavy atom. The number of nitrogens with zero attached hydrogens (tertiary/aromatic N) is 1. The Kier molecular flexibility index (Phi) is 4.56. The van der Waals surface area contributed by atoms with Crippen LogP contribution in [0.1, 0.15) is 33.1 Å². The van der Waals surface area contributed by atoms with Crippen LogP contribution in [-0.4, -0.2) is 48.8 Å². The molecule has 0 aromatic carbocycles. The Bertz CT molecular complexity index is 188. The van der Waals surface area contributed by atoms with E-state index in [1.54, 1.807) is 0 Å². The molecule has 3 nitrogen and oxygen atoms in total. The minimum absolute atomic E-state index is 0.533. The smallest absolute Gasteiger partial charge is 0.0869 e. The molecule has 0 aliphatic heterocycles. The largest absolute Gasteiger partial charge is 0.388 e. The molecule has 0 amide bonds. The van der Waals surface area contributed by atoms with E-state index in [0.717, 1.165) is 5.92 Å². The zero-order valence-corrected chi connectivity index (χ0v) is 10.6. The topological polar surface area (TPSA) is 35.5 Å². The van der Waals surface area contributed by atoms with Crippen molar-refractivity contribution in [3.63, 3.8) is 0 Å². The van der Waals surface area contributed by atoms with Crippen molar-refractivity contribution in [3.8, 4) is 0 Å². The van der Waals surface area contributed by atoms with E-state index in [4.69, 9.17) is 0 Å². The van der Waals surface area contributed by atoms with E-state index < -0.39 is 5.60 Å². The third-order valence-electron chi connectivity index (χ3n) is 2.87. The summed E-state index contributed by atoms with van der Waals surface area (Å²) in [5.74, 6) is 0.950. The van der Waals surface area contributed by atoms with Crippen molar-refractivity contribution in [2.24, 2.45) is 5.92 Å². The van der Waals surface area contributed by atoms with Gasteiger partial charge < -0.3 is 15.3 Å². The van der Waals surface area contributed by atoms with E-state index in [0.29, 0.717) is 19.1 Å². The molecule has 2 N–H and O–H groups in total. The molecule has 0 saturated heterocycles. The highest BCUT2D eigenvalue weighted by Gasteiger charge is 2.25. The standard InChI is InChI=1S/C12H26N2O/c1-10(7-11-5-6-11)13-8-12(2,15)9-14(3)4/h10-11,13,15H,5-9H2,1-4H3. The Morgan fingerprint density at radius 3 is 2.53 bits per heavy atom. The van der Waals surface area contributed by atoms with Crippen LogP contribution in [0.4, 0.5) is 0 Å². The molecule has 0 aromatic heterocycles. The van der Waals surface area contributed by atoms with Gasteiger partial charge in [0.15, 0.2) is 0 Å². The summed E-state index contributed by atoms with van der Waals surface area (Å²) in [4.78, 5) is 2.02. The first-order valence-electron chi connectivity index (χ1n) is 5.99. The summed E-state index contributed by atoms with van der Waals surface area (Å²) < 4.78 is 0. The number of aliphatic hydroxyl groups is 1. The Morgan fingerprint density at radius 2 is 2.07 bits per heavy atom. The fourth-order valence-corrected chi connectivity index (χ4v) is 2.07. The first-order chi connectivity index (χ1) is 6.89. The molecule has 3 heteroatoms. The van der Waals surface area contributed by atoms with Crippen LogP contribution in [-0.2, 0) is 0 Å². The normalized spacial score (nSPS) is 22.8. The van der Waals surface area contributed by atoms with Crippen LogP contribution in [0.5, 0.6) is 0 Å². The zero-order chi connectivity index (χ0) is 11.5. The average molecular weight is 214 g/mol. The van der Waals surface area contributed by atoms with Crippen molar-refractivity contribution < 1.29 is 5.11 Å². The van der Waals surface area contributed by atoms with E-state index in [-0.39, 0.29) is 0 Å². The second-order valence-corrected chi connectivity index (χ2v) is 5.70. The molecule has 0 radical (unpaired) electrons. The van der Waals surface area contributed by atoms with Gasteiger partial charge in [0.2, 0.25) is 0 Å². The second-order valence-electron chi connectivity index (χ2n) is 5.70. The maximum Gasteiger partial charge on any atom is 0.0869 e. The van der Waals surface area contributed by atoms with Crippen molar-refractivity contribution in [2.75, 3.05) is 27.2 Å². The third kappa shape index (κ3) is 6.13. The fourth-order valence-electron chi connectivity index (χ4n) is 2.07. The lowest BCUT2D eigenvalue weighted by atomic mass is 10.1. The Labute approximate surface area is 93.9 Å². The third-order valence-corrected chi connectivity index (χ3v) is 2.87. The van der Waals surface area contributed by atoms with Gasteiger partial charge in [-0.25, -0.2) is 0 Å². The van der Waals surface area contributed by atoms with Gasteiger partial charge in [-0.3, -0.25) is 0 Å². The van der Waals surface area contributed by atoms with Gasteiger partial charge >= 0.3 is 0 Å². The van der Waals surface area contributed by atoms with Crippen molar-refractivity contribution in [1.82, 2.24) is 10.2 Å². The highest BCUT2D eigenvalue weighted by molar-refractivity contribution is 4.82. The molecule has 2 unspecified atom stereocenters. The highest BCUT2D eigenvalue weighted by Crippen LogP contribution is 2.33. The Hall–Kier alpha value is -0.120. The molecule has 0 spiro atoms. The number of nitrogens with one attached hydrogen (secondary N) is 1. The van der Waals surface area contributed by atoms with Crippen LogP contribution in [0.2, 0.25) is 0 Å². The summed E-state index contributed by atoms with van der Waals surface area (Å²) in [5, 5.41) is 13.5. The highest BCUT2D eigenvalue weighted by atomic mass is 16.3. The van der Waals surface area contributed by atoms with Crippen molar-refractivity contribution in [3.05, 3.63) is 0 Å². The number of hydrogen-bond acceptors (Lipinski definition) is 3. The van der Waals surface area contributed by atoms with Crippen molar-refractivity contribution in [2.45, 2.75) is 44.8 Å². The van der Waals surface area contributed by atoms with Gasteiger partial charge in [-0.1, -0.05) is 12.8 Å². The van der Waals surface area contributed by atoms with Crippen LogP contribution in [0, 0.1) is 5.92 Å². The average Bonchev–Trinajstić information content (AvgIpc) is 2.82. The van der Waals surface area contributed by atoms with Gasteiger partial charge in [-0.2, -0.15) is 0 Å². The summed E-state index contributed by atoms with van der Waals surface area (Å²) in [6.45, 7) is 5.49. The molecule has 1 fully saturated rings. The summed E-state index contributed by atoms with van der Waals surface area (Å²) in [6.07, 6.45) is 4.07. The van der Waals surface area contributed by atoms with E-state index >= 15 is 0 Å². The van der Waals surface area contributed by atoms with Gasteiger partial charge in [-0.05, 0) is 40.3 Å². The predicted octanol–water partition coefficient (Wildman–Crippen LogP) is 1.08. The summed E-state index contributed by atoms with van der Waals surface area (Å²) in [7, 11) is 3.98. The summed E-state index contributed by atoms with van der Waals surface area (Å²) in [5.41, 5.74) is -0.624. The molecule has 0 bridgehead atoms. The lowest BCUT2D eigenvalue weighted by Crippen LogP contribution is -2.47. The SMILES string of the molecule is CC(CC1CC1)NCC(C)(O)CN(C)C. The molecule has 1 aliphatic rings. The lowest BCUT2D eigenvalue weighted by Gasteiger charge is -2.28. The van der Waals surface area contributed by atoms with E-state index in [1.807, 2.05) is 25.9 Å². The molecule has 15 heavy (non-hydrogen) atoms. The van der Waals surface area contributed by atoms with Gasteiger partial charge in [0, 0.05) is 19.1 Å². The Balaban J connectivity index is 2.15. The molecule has 1 saturated carbocycles. The summed E-state index contributed by atoms with van der Waals surface area (Å²) >= 11 is 0. The number of rotatable bonds is 7. The fraction of sp³-hybridized carbons (Fsp3) is 1.00. The van der Waals surface area contributed by atoms with Crippen LogP contribution >= 0.6 is 0 Å². The van der Waals surface area contributed by atoms with Crippen LogP contribution in [0.15, 0.2) is 0 Å². The van der Waals surface area contributed by atoms with Gasteiger partial charge in [-0.15, -0.1) is 0 Å². The van der Waals surface area contributed by atoms with Gasteiger partial charge in [0.1, 0.15) is 0 Å². The van der Waals surface area contributed by atoms with Crippen molar-refractivity contribution >= 4 is 0 Å². The predicted molar refractivity (Wildman–Crippen MR) is 64.0 cm³/mol. The van der Waals surface area contributed by atoms with E-state index in [1.165, 1.54) is 19.3 Å². The van der Waals surface area contributed by atoms with Crippen molar-refractivity contribution in [1.29, 1.82) is 0 Å². The first-order valence-corrected chi connectivity index (χ1v) is 5.99.